The Balaban J connectivity index is 1.59. The average molecular weight is 509 g/mol. The van der Waals surface area contributed by atoms with Crippen LogP contribution in [0.25, 0.3) is 0 Å². The standard InChI is InChI=1S/C31H44N2O4/c1-27(2)14-19-18(20(15-27)33-26(36)37)8-10-31(7)24(19)21(34)12-23-29(5)13-17(16-32)25(35)28(3,4)22(29)9-11-30(23,31)6/h13,18-20,22-24,33H,8-12,14-15H2,1-7H3,(H,36,37)/t18-,19-,20+,22-,23+,24-,29-,30+,31+/m0/s1. The summed E-state index contributed by atoms with van der Waals surface area (Å²) >= 11 is 0. The average Bonchev–Trinajstić information content (AvgIpc) is 2.76. The number of allylic oxidation sites excluding steroid dienone is 2. The number of hydrogen-bond donors (Lipinski definition) is 2. The van der Waals surface area contributed by atoms with Gasteiger partial charge in [-0.05, 0) is 83.9 Å². The Bertz CT molecular complexity index is 1130. The number of fused-ring (bicyclic) bond motifs is 7. The number of amides is 1. The minimum atomic E-state index is -0.974. The first kappa shape index (κ1) is 26.4. The fourth-order valence-electron chi connectivity index (χ4n) is 11.0. The number of ketones is 2. The summed E-state index contributed by atoms with van der Waals surface area (Å²) in [6.07, 6.45) is 6.93. The van der Waals surface area contributed by atoms with Gasteiger partial charge in [0.25, 0.3) is 0 Å². The van der Waals surface area contributed by atoms with E-state index in [1.165, 1.54) is 0 Å². The van der Waals surface area contributed by atoms with Crippen LogP contribution >= 0.6 is 0 Å². The molecular weight excluding hydrogens is 464 g/mol. The number of nitrogens with zero attached hydrogens (tertiary/aromatic N) is 1. The molecule has 6 heteroatoms. The maximum absolute atomic E-state index is 14.3. The number of rotatable bonds is 1. The fourth-order valence-corrected chi connectivity index (χ4v) is 11.0. The molecule has 37 heavy (non-hydrogen) atoms. The molecule has 2 N–H and O–H groups in total. The molecule has 202 valence electrons. The zero-order chi connectivity index (χ0) is 27.3. The van der Waals surface area contributed by atoms with Crippen molar-refractivity contribution in [3.63, 3.8) is 0 Å². The van der Waals surface area contributed by atoms with Gasteiger partial charge in [-0.3, -0.25) is 9.59 Å². The molecular formula is C31H44N2O4. The van der Waals surface area contributed by atoms with E-state index < -0.39 is 16.9 Å². The molecule has 4 fully saturated rings. The van der Waals surface area contributed by atoms with Gasteiger partial charge in [-0.1, -0.05) is 54.5 Å². The van der Waals surface area contributed by atoms with Crippen molar-refractivity contribution in [3.8, 4) is 6.07 Å². The molecule has 0 aromatic heterocycles. The van der Waals surface area contributed by atoms with Crippen LogP contribution in [0.15, 0.2) is 11.6 Å². The summed E-state index contributed by atoms with van der Waals surface area (Å²) in [5.74, 6) is 0.709. The number of nitrogens with one attached hydrogen (secondary N) is 1. The van der Waals surface area contributed by atoms with E-state index in [2.05, 4.69) is 46.0 Å². The lowest BCUT2D eigenvalue weighted by atomic mass is 9.32. The highest BCUT2D eigenvalue weighted by molar-refractivity contribution is 6.04. The normalized spacial score (nSPS) is 47.8. The first-order valence-electron chi connectivity index (χ1n) is 14.2. The molecule has 5 aliphatic rings. The lowest BCUT2D eigenvalue weighted by Gasteiger charge is -2.71. The van der Waals surface area contributed by atoms with E-state index in [9.17, 15) is 24.8 Å². The number of carboxylic acid groups (broad SMARTS) is 1. The predicted octanol–water partition coefficient (Wildman–Crippen LogP) is 6.16. The van der Waals surface area contributed by atoms with E-state index >= 15 is 0 Å². The monoisotopic (exact) mass is 508 g/mol. The molecule has 0 aromatic rings. The van der Waals surface area contributed by atoms with Crippen molar-refractivity contribution in [1.82, 2.24) is 5.32 Å². The van der Waals surface area contributed by atoms with Crippen LogP contribution in [0.5, 0.6) is 0 Å². The maximum atomic E-state index is 14.3. The molecule has 1 amide bonds. The van der Waals surface area contributed by atoms with Crippen LogP contribution < -0.4 is 5.32 Å². The second-order valence-corrected chi connectivity index (χ2v) is 15.2. The van der Waals surface area contributed by atoms with Gasteiger partial charge in [0.05, 0.1) is 5.57 Å². The van der Waals surface area contributed by atoms with Crippen molar-refractivity contribution in [2.45, 2.75) is 99.5 Å². The van der Waals surface area contributed by atoms with E-state index in [0.717, 1.165) is 38.5 Å². The number of nitriles is 1. The Kier molecular flexibility index (Phi) is 5.67. The molecule has 6 nitrogen and oxygen atoms in total. The van der Waals surface area contributed by atoms with Gasteiger partial charge in [0.2, 0.25) is 0 Å². The van der Waals surface area contributed by atoms with Gasteiger partial charge in [0, 0.05) is 23.8 Å². The largest absolute Gasteiger partial charge is 0.465 e. The molecule has 0 bridgehead atoms. The highest BCUT2D eigenvalue weighted by Crippen LogP contribution is 2.74. The van der Waals surface area contributed by atoms with Gasteiger partial charge in [0.15, 0.2) is 5.78 Å². The van der Waals surface area contributed by atoms with Gasteiger partial charge in [-0.15, -0.1) is 0 Å². The van der Waals surface area contributed by atoms with Crippen molar-refractivity contribution in [1.29, 1.82) is 5.26 Å². The third-order valence-corrected chi connectivity index (χ3v) is 12.6. The quantitative estimate of drug-likeness (QED) is 0.441. The predicted molar refractivity (Wildman–Crippen MR) is 140 cm³/mol. The molecule has 4 saturated carbocycles. The second kappa shape index (κ2) is 7.93. The highest BCUT2D eigenvalue weighted by atomic mass is 16.4. The first-order chi connectivity index (χ1) is 17.0. The maximum Gasteiger partial charge on any atom is 0.404 e. The Morgan fingerprint density at radius 2 is 1.62 bits per heavy atom. The van der Waals surface area contributed by atoms with Crippen molar-refractivity contribution in [2.24, 2.45) is 56.7 Å². The van der Waals surface area contributed by atoms with Crippen LogP contribution in [0, 0.1) is 68.0 Å². The number of carbonyl (C=O) groups excluding carboxylic acids is 2. The molecule has 0 aliphatic heterocycles. The lowest BCUT2D eigenvalue weighted by molar-refractivity contribution is -0.212. The molecule has 5 rings (SSSR count). The van der Waals surface area contributed by atoms with E-state index in [1.807, 2.05) is 19.9 Å². The smallest absolute Gasteiger partial charge is 0.404 e. The van der Waals surface area contributed by atoms with Gasteiger partial charge in [-0.2, -0.15) is 5.26 Å². The summed E-state index contributed by atoms with van der Waals surface area (Å²) in [4.78, 5) is 39.2. The SMILES string of the molecule is CC1(C)C[C@H]2[C@H](CC[C@]3(C)[C@@H]2C(=O)C[C@@H]2[C@@]4(C)C=C(C#N)C(=O)C(C)(C)[C@@H]4CC[C@]23C)[C@H](NC(=O)O)C1. The Labute approximate surface area is 221 Å². The molecule has 0 heterocycles. The highest BCUT2D eigenvalue weighted by Gasteiger charge is 2.71. The zero-order valence-corrected chi connectivity index (χ0v) is 23.6. The molecule has 0 aromatic carbocycles. The van der Waals surface area contributed by atoms with Crippen molar-refractivity contribution < 1.29 is 19.5 Å². The zero-order valence-electron chi connectivity index (χ0n) is 23.6. The van der Waals surface area contributed by atoms with Gasteiger partial charge < -0.3 is 10.4 Å². The topological polar surface area (TPSA) is 107 Å². The second-order valence-electron chi connectivity index (χ2n) is 15.2. The number of carbonyl (C=O) groups is 3. The first-order valence-corrected chi connectivity index (χ1v) is 14.2. The van der Waals surface area contributed by atoms with Gasteiger partial charge in [0.1, 0.15) is 11.9 Å². The molecule has 0 unspecified atom stereocenters. The third-order valence-electron chi connectivity index (χ3n) is 12.6. The Hall–Kier alpha value is -2.16. The summed E-state index contributed by atoms with van der Waals surface area (Å²) in [5.41, 5.74) is -1.10. The van der Waals surface area contributed by atoms with Crippen molar-refractivity contribution in [2.75, 3.05) is 0 Å². The summed E-state index contributed by atoms with van der Waals surface area (Å²) in [6.45, 7) is 15.4. The van der Waals surface area contributed by atoms with Gasteiger partial charge in [-0.25, -0.2) is 4.79 Å². The van der Waals surface area contributed by atoms with Crippen molar-refractivity contribution in [3.05, 3.63) is 11.6 Å². The molecule has 5 aliphatic carbocycles. The minimum Gasteiger partial charge on any atom is -0.465 e. The van der Waals surface area contributed by atoms with E-state index in [1.54, 1.807) is 0 Å². The van der Waals surface area contributed by atoms with Crippen LogP contribution in [0.1, 0.15) is 93.4 Å². The summed E-state index contributed by atoms with van der Waals surface area (Å²) in [6, 6.07) is 2.07. The molecule has 0 saturated heterocycles. The van der Waals surface area contributed by atoms with Crippen LogP contribution in [-0.2, 0) is 9.59 Å². The van der Waals surface area contributed by atoms with E-state index in [-0.39, 0.29) is 63.2 Å². The van der Waals surface area contributed by atoms with E-state index in [4.69, 9.17) is 0 Å². The summed E-state index contributed by atoms with van der Waals surface area (Å²) < 4.78 is 0. The molecule has 9 atom stereocenters. The van der Waals surface area contributed by atoms with Crippen molar-refractivity contribution >= 4 is 17.7 Å². The Morgan fingerprint density at radius 3 is 2.24 bits per heavy atom. The summed E-state index contributed by atoms with van der Waals surface area (Å²) in [5, 5.41) is 22.3. The molecule has 0 radical (unpaired) electrons. The van der Waals surface area contributed by atoms with Crippen LogP contribution in [0.4, 0.5) is 4.79 Å². The van der Waals surface area contributed by atoms with Crippen LogP contribution in [0.2, 0.25) is 0 Å². The number of hydrogen-bond acceptors (Lipinski definition) is 4. The van der Waals surface area contributed by atoms with Crippen LogP contribution in [0.3, 0.4) is 0 Å². The summed E-state index contributed by atoms with van der Waals surface area (Å²) in [7, 11) is 0. The third kappa shape index (κ3) is 3.44. The van der Waals surface area contributed by atoms with Gasteiger partial charge >= 0.3 is 6.09 Å². The van der Waals surface area contributed by atoms with E-state index in [0.29, 0.717) is 12.2 Å². The minimum absolute atomic E-state index is 0.0353. The molecule has 0 spiro atoms. The number of Topliss-reactive ketones (excluding diaryl/α,β-unsaturated/α-hetero) is 2. The fraction of sp³-hybridized carbons (Fsp3) is 0.806. The Morgan fingerprint density at radius 1 is 0.973 bits per heavy atom. The lowest BCUT2D eigenvalue weighted by Crippen LogP contribution is -2.68. The van der Waals surface area contributed by atoms with Crippen LogP contribution in [-0.4, -0.2) is 28.8 Å².